The SMILES string of the molecule is CN=C(NCCCCC(F)(F)F)NCc1ccc(C)cc1OCC1CC1.I. The highest BCUT2D eigenvalue weighted by molar-refractivity contribution is 14.0. The average Bonchev–Trinajstić information content (AvgIpc) is 3.40. The number of unbranched alkanes of at least 4 members (excludes halogenated alkanes) is 1. The second-order valence-electron chi connectivity index (χ2n) is 6.79. The van der Waals surface area contributed by atoms with Crippen molar-refractivity contribution in [2.75, 3.05) is 20.2 Å². The number of hydrogen-bond donors (Lipinski definition) is 2. The Morgan fingerprint density at radius 3 is 2.59 bits per heavy atom. The first kappa shape index (κ1) is 23.8. The van der Waals surface area contributed by atoms with E-state index in [1.165, 1.54) is 12.8 Å². The van der Waals surface area contributed by atoms with E-state index in [0.717, 1.165) is 23.5 Å². The third kappa shape index (κ3) is 10.1. The largest absolute Gasteiger partial charge is 0.493 e. The van der Waals surface area contributed by atoms with Crippen LogP contribution in [0.5, 0.6) is 5.75 Å². The molecule has 0 atom stereocenters. The van der Waals surface area contributed by atoms with Crippen molar-refractivity contribution in [2.24, 2.45) is 10.9 Å². The zero-order valence-corrected chi connectivity index (χ0v) is 18.2. The van der Waals surface area contributed by atoms with Crippen molar-refractivity contribution in [2.45, 2.75) is 51.7 Å². The molecule has 0 unspecified atom stereocenters. The summed E-state index contributed by atoms with van der Waals surface area (Å²) in [5.41, 5.74) is 2.18. The lowest BCUT2D eigenvalue weighted by atomic mass is 10.1. The third-order valence-electron chi connectivity index (χ3n) is 4.24. The van der Waals surface area contributed by atoms with Gasteiger partial charge in [-0.15, -0.1) is 24.0 Å². The van der Waals surface area contributed by atoms with Crippen LogP contribution >= 0.6 is 24.0 Å². The summed E-state index contributed by atoms with van der Waals surface area (Å²) in [4.78, 5) is 4.11. The minimum absolute atomic E-state index is 0. The molecule has 1 saturated carbocycles. The molecule has 27 heavy (non-hydrogen) atoms. The lowest BCUT2D eigenvalue weighted by molar-refractivity contribution is -0.135. The molecule has 1 aromatic carbocycles. The van der Waals surface area contributed by atoms with Gasteiger partial charge in [0.2, 0.25) is 0 Å². The Morgan fingerprint density at radius 2 is 1.96 bits per heavy atom. The van der Waals surface area contributed by atoms with Gasteiger partial charge in [0, 0.05) is 32.1 Å². The fraction of sp³-hybridized carbons (Fsp3) is 0.632. The standard InChI is InChI=1S/C19H28F3N3O.HI/c1-14-5-8-16(17(11-14)26-13-15-6-7-15)12-25-18(23-2)24-10-4-3-9-19(20,21)22;/h5,8,11,15H,3-4,6-7,9-10,12-13H2,1-2H3,(H2,23,24,25);1H. The molecule has 0 bridgehead atoms. The van der Waals surface area contributed by atoms with Crippen LogP contribution in [-0.4, -0.2) is 32.3 Å². The number of guanidine groups is 1. The van der Waals surface area contributed by atoms with Crippen LogP contribution in [0.3, 0.4) is 0 Å². The maximum Gasteiger partial charge on any atom is 0.389 e. The number of aryl methyl sites for hydroxylation is 1. The van der Waals surface area contributed by atoms with Crippen molar-refractivity contribution in [1.82, 2.24) is 10.6 Å². The number of rotatable bonds is 9. The molecule has 8 heteroatoms. The summed E-state index contributed by atoms with van der Waals surface area (Å²) in [7, 11) is 1.64. The maximum atomic E-state index is 12.1. The Bertz CT molecular complexity index is 604. The summed E-state index contributed by atoms with van der Waals surface area (Å²) in [5, 5.41) is 6.24. The molecule has 0 saturated heterocycles. The molecule has 0 spiro atoms. The molecule has 0 aromatic heterocycles. The number of hydrogen-bond acceptors (Lipinski definition) is 2. The summed E-state index contributed by atoms with van der Waals surface area (Å²) in [5.74, 6) is 2.14. The number of ether oxygens (including phenoxy) is 1. The lowest BCUT2D eigenvalue weighted by Crippen LogP contribution is -2.37. The molecule has 1 aliphatic rings. The van der Waals surface area contributed by atoms with E-state index in [1.54, 1.807) is 7.05 Å². The van der Waals surface area contributed by atoms with Gasteiger partial charge in [0.25, 0.3) is 0 Å². The first-order valence-electron chi connectivity index (χ1n) is 9.11. The summed E-state index contributed by atoms with van der Waals surface area (Å²) < 4.78 is 42.3. The number of halogens is 4. The van der Waals surface area contributed by atoms with Gasteiger partial charge in [-0.2, -0.15) is 13.2 Å². The molecule has 0 heterocycles. The fourth-order valence-corrected chi connectivity index (χ4v) is 2.49. The van der Waals surface area contributed by atoms with Gasteiger partial charge in [-0.3, -0.25) is 4.99 Å². The molecule has 1 aromatic rings. The third-order valence-corrected chi connectivity index (χ3v) is 4.24. The van der Waals surface area contributed by atoms with E-state index in [1.807, 2.05) is 25.1 Å². The number of nitrogens with one attached hydrogen (secondary N) is 2. The number of nitrogens with zero attached hydrogens (tertiary/aromatic N) is 1. The van der Waals surface area contributed by atoms with Gasteiger partial charge in [-0.1, -0.05) is 12.1 Å². The number of alkyl halides is 3. The Morgan fingerprint density at radius 1 is 1.22 bits per heavy atom. The van der Waals surface area contributed by atoms with Gasteiger partial charge < -0.3 is 15.4 Å². The highest BCUT2D eigenvalue weighted by Crippen LogP contribution is 2.30. The van der Waals surface area contributed by atoms with Crippen molar-refractivity contribution in [3.05, 3.63) is 29.3 Å². The summed E-state index contributed by atoms with van der Waals surface area (Å²) in [6, 6.07) is 6.10. The van der Waals surface area contributed by atoms with Crippen LogP contribution in [0.4, 0.5) is 13.2 Å². The minimum atomic E-state index is -4.08. The first-order valence-corrected chi connectivity index (χ1v) is 9.11. The maximum absolute atomic E-state index is 12.1. The van der Waals surface area contributed by atoms with Gasteiger partial charge in [-0.05, 0) is 50.2 Å². The Labute approximate surface area is 176 Å². The van der Waals surface area contributed by atoms with Crippen LogP contribution in [-0.2, 0) is 6.54 Å². The van der Waals surface area contributed by atoms with Crippen molar-refractivity contribution in [3.8, 4) is 5.75 Å². The summed E-state index contributed by atoms with van der Waals surface area (Å²) in [6.07, 6.45) is -1.78. The molecule has 2 rings (SSSR count). The van der Waals surface area contributed by atoms with Crippen LogP contribution in [0, 0.1) is 12.8 Å². The minimum Gasteiger partial charge on any atom is -0.493 e. The zero-order valence-electron chi connectivity index (χ0n) is 15.9. The van der Waals surface area contributed by atoms with Gasteiger partial charge in [0.15, 0.2) is 5.96 Å². The summed E-state index contributed by atoms with van der Waals surface area (Å²) in [6.45, 7) is 3.78. The Hall–Kier alpha value is -1.19. The highest BCUT2D eigenvalue weighted by atomic mass is 127. The van der Waals surface area contributed by atoms with E-state index < -0.39 is 12.6 Å². The Balaban J connectivity index is 0.00000364. The molecule has 0 aliphatic heterocycles. The van der Waals surface area contributed by atoms with Crippen LogP contribution in [0.2, 0.25) is 0 Å². The zero-order chi connectivity index (χ0) is 19.0. The van der Waals surface area contributed by atoms with E-state index >= 15 is 0 Å². The van der Waals surface area contributed by atoms with Crippen LogP contribution in [0.1, 0.15) is 43.2 Å². The van der Waals surface area contributed by atoms with Crippen molar-refractivity contribution >= 4 is 29.9 Å². The lowest BCUT2D eigenvalue weighted by Gasteiger charge is -2.15. The van der Waals surface area contributed by atoms with Crippen LogP contribution in [0.25, 0.3) is 0 Å². The fourth-order valence-electron chi connectivity index (χ4n) is 2.49. The second-order valence-corrected chi connectivity index (χ2v) is 6.79. The molecule has 1 fully saturated rings. The van der Waals surface area contributed by atoms with Crippen LogP contribution in [0.15, 0.2) is 23.2 Å². The monoisotopic (exact) mass is 499 g/mol. The van der Waals surface area contributed by atoms with Gasteiger partial charge in [0.05, 0.1) is 6.61 Å². The van der Waals surface area contributed by atoms with E-state index in [-0.39, 0.29) is 30.4 Å². The van der Waals surface area contributed by atoms with Crippen molar-refractivity contribution in [1.29, 1.82) is 0 Å². The van der Waals surface area contributed by atoms with Gasteiger partial charge >= 0.3 is 6.18 Å². The van der Waals surface area contributed by atoms with Crippen molar-refractivity contribution < 1.29 is 17.9 Å². The van der Waals surface area contributed by atoms with Crippen molar-refractivity contribution in [3.63, 3.8) is 0 Å². The first-order chi connectivity index (χ1) is 12.4. The molecule has 154 valence electrons. The smallest absolute Gasteiger partial charge is 0.389 e. The topological polar surface area (TPSA) is 45.7 Å². The quantitative estimate of drug-likeness (QED) is 0.222. The Kier molecular flexibility index (Phi) is 10.3. The second kappa shape index (κ2) is 11.6. The summed E-state index contributed by atoms with van der Waals surface area (Å²) >= 11 is 0. The molecular weight excluding hydrogens is 470 g/mol. The van der Waals surface area contributed by atoms with E-state index in [0.29, 0.717) is 31.4 Å². The van der Waals surface area contributed by atoms with Crippen LogP contribution < -0.4 is 15.4 Å². The molecule has 2 N–H and O–H groups in total. The van der Waals surface area contributed by atoms with E-state index in [9.17, 15) is 13.2 Å². The predicted octanol–water partition coefficient (Wildman–Crippen LogP) is 4.80. The highest BCUT2D eigenvalue weighted by Gasteiger charge is 2.25. The predicted molar refractivity (Wildman–Crippen MR) is 113 cm³/mol. The van der Waals surface area contributed by atoms with E-state index in [4.69, 9.17) is 4.74 Å². The molecule has 0 radical (unpaired) electrons. The van der Waals surface area contributed by atoms with Gasteiger partial charge in [0.1, 0.15) is 5.75 Å². The molecular formula is C19H29F3IN3O. The normalized spacial score (nSPS) is 14.5. The molecule has 4 nitrogen and oxygen atoms in total. The number of benzene rings is 1. The molecule has 1 aliphatic carbocycles. The van der Waals surface area contributed by atoms with E-state index in [2.05, 4.69) is 15.6 Å². The van der Waals surface area contributed by atoms with Gasteiger partial charge in [-0.25, -0.2) is 0 Å². The molecule has 0 amide bonds. The number of aliphatic imine (C=N–C) groups is 1. The average molecular weight is 499 g/mol.